The number of rotatable bonds is 16. The number of hydrogen-bond acceptors (Lipinski definition) is 2. The Morgan fingerprint density at radius 2 is 0.680 bits per heavy atom. The summed E-state index contributed by atoms with van der Waals surface area (Å²) in [5.41, 5.74) is 5.48. The van der Waals surface area contributed by atoms with Crippen molar-refractivity contribution in [1.82, 2.24) is 5.32 Å². The zero-order valence-electron chi connectivity index (χ0n) is 18.8. The maximum atomic E-state index is 5.48. The highest BCUT2D eigenvalue weighted by Crippen LogP contribution is 2.13. The topological polar surface area (TPSA) is 38.0 Å². The fourth-order valence-electron chi connectivity index (χ4n) is 2.69. The second-order valence-corrected chi connectivity index (χ2v) is 7.30. The van der Waals surface area contributed by atoms with Crippen LogP contribution >= 0.6 is 0 Å². The normalized spacial score (nSPS) is 9.84. The molecule has 0 atom stereocenters. The standard InChI is InChI=1S/C18H39N.C3H8.C2H7N/c1-2-3-4-5-6-7-8-9-10-11-12-13-14-15-16-17-18-19;2*1-3-2/h2-19H2,1H3;3H2,1-2H3;3H,1-2H3. The van der Waals surface area contributed by atoms with Crippen molar-refractivity contribution >= 4 is 0 Å². The van der Waals surface area contributed by atoms with E-state index in [0.29, 0.717) is 0 Å². The molecule has 0 radical (unpaired) electrons. The minimum absolute atomic E-state index is 0.873. The molecule has 3 N–H and O–H groups in total. The largest absolute Gasteiger partial charge is 0.330 e. The molecule has 0 unspecified atom stereocenters. The Balaban J connectivity index is -0.000000700. The summed E-state index contributed by atoms with van der Waals surface area (Å²) in [5.74, 6) is 0. The van der Waals surface area contributed by atoms with Gasteiger partial charge >= 0.3 is 0 Å². The molecule has 0 aromatic rings. The smallest absolute Gasteiger partial charge is 0.00773 e. The van der Waals surface area contributed by atoms with Crippen molar-refractivity contribution in [3.05, 3.63) is 0 Å². The predicted octanol–water partition coefficient (Wildman–Crippen LogP) is 7.46. The van der Waals surface area contributed by atoms with E-state index < -0.39 is 0 Å². The van der Waals surface area contributed by atoms with Crippen molar-refractivity contribution in [2.75, 3.05) is 20.6 Å². The van der Waals surface area contributed by atoms with E-state index >= 15 is 0 Å². The first-order valence-corrected chi connectivity index (χ1v) is 11.5. The van der Waals surface area contributed by atoms with Gasteiger partial charge in [-0.3, -0.25) is 0 Å². The molecule has 0 bridgehead atoms. The number of hydrogen-bond donors (Lipinski definition) is 2. The lowest BCUT2D eigenvalue weighted by Gasteiger charge is -2.03. The van der Waals surface area contributed by atoms with E-state index in [9.17, 15) is 0 Å². The Bertz CT molecular complexity index is 153. The molecule has 156 valence electrons. The minimum Gasteiger partial charge on any atom is -0.330 e. The lowest BCUT2D eigenvalue weighted by molar-refractivity contribution is 0.530. The monoisotopic (exact) mass is 358 g/mol. The third kappa shape index (κ3) is 45.3. The van der Waals surface area contributed by atoms with Crippen LogP contribution in [0.1, 0.15) is 130 Å². The van der Waals surface area contributed by atoms with E-state index in [1.807, 2.05) is 14.1 Å². The zero-order chi connectivity index (χ0) is 19.4. The summed E-state index contributed by atoms with van der Waals surface area (Å²) in [5, 5.41) is 2.75. The average Bonchev–Trinajstić information content (AvgIpc) is 2.60. The van der Waals surface area contributed by atoms with E-state index in [-0.39, 0.29) is 0 Å². The van der Waals surface area contributed by atoms with Gasteiger partial charge in [-0.15, -0.1) is 0 Å². The van der Waals surface area contributed by atoms with Crippen LogP contribution in [-0.4, -0.2) is 20.6 Å². The molecule has 0 saturated carbocycles. The summed E-state index contributed by atoms with van der Waals surface area (Å²) in [7, 11) is 3.75. The molecule has 2 heteroatoms. The first kappa shape index (κ1) is 29.7. The van der Waals surface area contributed by atoms with E-state index in [2.05, 4.69) is 26.1 Å². The van der Waals surface area contributed by atoms with Crippen LogP contribution in [0, 0.1) is 0 Å². The Morgan fingerprint density at radius 3 is 0.880 bits per heavy atom. The maximum Gasteiger partial charge on any atom is -0.00773 e. The van der Waals surface area contributed by atoms with Gasteiger partial charge in [-0.05, 0) is 27.1 Å². The van der Waals surface area contributed by atoms with Crippen LogP contribution in [0.15, 0.2) is 0 Å². The van der Waals surface area contributed by atoms with Crippen molar-refractivity contribution in [2.45, 2.75) is 130 Å². The molecule has 0 aliphatic heterocycles. The third-order valence-corrected chi connectivity index (χ3v) is 4.06. The minimum atomic E-state index is 0.873. The summed E-state index contributed by atoms with van der Waals surface area (Å²) in [4.78, 5) is 0. The number of unbranched alkanes of at least 4 members (excludes halogenated alkanes) is 15. The van der Waals surface area contributed by atoms with Gasteiger partial charge in [-0.2, -0.15) is 0 Å². The molecular weight excluding hydrogens is 304 g/mol. The summed E-state index contributed by atoms with van der Waals surface area (Å²) < 4.78 is 0. The van der Waals surface area contributed by atoms with Gasteiger partial charge in [0.25, 0.3) is 0 Å². The van der Waals surface area contributed by atoms with Crippen molar-refractivity contribution in [3.63, 3.8) is 0 Å². The van der Waals surface area contributed by atoms with Crippen molar-refractivity contribution in [1.29, 1.82) is 0 Å². The molecule has 0 aliphatic rings. The van der Waals surface area contributed by atoms with Gasteiger partial charge in [0.05, 0.1) is 0 Å². The lowest BCUT2D eigenvalue weighted by atomic mass is 10.0. The van der Waals surface area contributed by atoms with Crippen LogP contribution < -0.4 is 11.1 Å². The van der Waals surface area contributed by atoms with Crippen molar-refractivity contribution in [3.8, 4) is 0 Å². The molecule has 0 aliphatic carbocycles. The second-order valence-electron chi connectivity index (χ2n) is 7.30. The number of nitrogens with two attached hydrogens (primary N) is 1. The molecule has 0 fully saturated rings. The summed E-state index contributed by atoms with van der Waals surface area (Å²) >= 11 is 0. The first-order valence-electron chi connectivity index (χ1n) is 11.5. The third-order valence-electron chi connectivity index (χ3n) is 4.06. The molecule has 0 heterocycles. The molecule has 0 aromatic carbocycles. The summed E-state index contributed by atoms with van der Waals surface area (Å²) in [6.07, 6.45) is 24.1. The van der Waals surface area contributed by atoms with Crippen molar-refractivity contribution < 1.29 is 0 Å². The molecule has 0 saturated heterocycles. The van der Waals surface area contributed by atoms with Gasteiger partial charge in [-0.25, -0.2) is 0 Å². The van der Waals surface area contributed by atoms with Gasteiger partial charge in [0, 0.05) is 0 Å². The van der Waals surface area contributed by atoms with Gasteiger partial charge in [0.1, 0.15) is 0 Å². The molecular formula is C23H54N2. The second kappa shape index (κ2) is 35.1. The Kier molecular flexibility index (Phi) is 41.7. The summed E-state index contributed by atoms with van der Waals surface area (Å²) in [6, 6.07) is 0. The van der Waals surface area contributed by atoms with Gasteiger partial charge in [-0.1, -0.05) is 124 Å². The molecule has 0 aromatic heterocycles. The predicted molar refractivity (Wildman–Crippen MR) is 120 cm³/mol. The van der Waals surface area contributed by atoms with Gasteiger partial charge < -0.3 is 11.1 Å². The molecule has 25 heavy (non-hydrogen) atoms. The highest BCUT2D eigenvalue weighted by Gasteiger charge is 1.94. The molecule has 0 rings (SSSR count). The van der Waals surface area contributed by atoms with E-state index in [1.54, 1.807) is 0 Å². The van der Waals surface area contributed by atoms with Crippen LogP contribution in [0.3, 0.4) is 0 Å². The fraction of sp³-hybridized carbons (Fsp3) is 1.00. The van der Waals surface area contributed by atoms with Crippen LogP contribution in [0.4, 0.5) is 0 Å². The number of nitrogens with one attached hydrogen (secondary N) is 1. The molecule has 2 nitrogen and oxygen atoms in total. The quantitative estimate of drug-likeness (QED) is 0.281. The SMILES string of the molecule is CCC.CCCCCCCCCCCCCCCCCCN.CNC. The lowest BCUT2D eigenvalue weighted by Crippen LogP contribution is -1.97. The Labute approximate surface area is 162 Å². The van der Waals surface area contributed by atoms with Crippen LogP contribution in [0.5, 0.6) is 0 Å². The molecule has 0 amide bonds. The fourth-order valence-corrected chi connectivity index (χ4v) is 2.69. The highest BCUT2D eigenvalue weighted by atomic mass is 14.7. The van der Waals surface area contributed by atoms with Gasteiger partial charge in [0.15, 0.2) is 0 Å². The highest BCUT2D eigenvalue weighted by molar-refractivity contribution is 4.49. The van der Waals surface area contributed by atoms with E-state index in [1.165, 1.54) is 109 Å². The van der Waals surface area contributed by atoms with Crippen molar-refractivity contribution in [2.24, 2.45) is 5.73 Å². The van der Waals surface area contributed by atoms with Crippen LogP contribution in [-0.2, 0) is 0 Å². The zero-order valence-corrected chi connectivity index (χ0v) is 18.8. The van der Waals surface area contributed by atoms with E-state index in [0.717, 1.165) is 6.54 Å². The first-order chi connectivity index (χ1) is 12.2. The van der Waals surface area contributed by atoms with Crippen LogP contribution in [0.2, 0.25) is 0 Å². The van der Waals surface area contributed by atoms with E-state index in [4.69, 9.17) is 5.73 Å². The average molecular weight is 359 g/mol. The summed E-state index contributed by atoms with van der Waals surface area (Å²) in [6.45, 7) is 7.41. The Hall–Kier alpha value is -0.0800. The van der Waals surface area contributed by atoms with Crippen LogP contribution in [0.25, 0.3) is 0 Å². The molecule has 0 spiro atoms. The van der Waals surface area contributed by atoms with Gasteiger partial charge in [0.2, 0.25) is 0 Å². The Morgan fingerprint density at radius 1 is 0.480 bits per heavy atom. The maximum absolute atomic E-state index is 5.48.